The lowest BCUT2D eigenvalue weighted by Gasteiger charge is -2.57. The van der Waals surface area contributed by atoms with Crippen molar-refractivity contribution in [3.05, 3.63) is 47.5 Å². The molecule has 2 fully saturated rings. The van der Waals surface area contributed by atoms with E-state index in [-0.39, 0.29) is 17.5 Å². The second-order valence-corrected chi connectivity index (χ2v) is 12.3. The highest BCUT2D eigenvalue weighted by molar-refractivity contribution is 5.79. The fraction of sp³-hybridized carbons (Fsp3) is 0.655. The van der Waals surface area contributed by atoms with Crippen LogP contribution in [0.4, 0.5) is 4.79 Å². The summed E-state index contributed by atoms with van der Waals surface area (Å²) in [6.45, 7) is 16.3. The van der Waals surface area contributed by atoms with Crippen LogP contribution in [0.5, 0.6) is 0 Å². The van der Waals surface area contributed by atoms with Gasteiger partial charge in [-0.1, -0.05) is 55.8 Å². The second-order valence-electron chi connectivity index (χ2n) is 12.3. The van der Waals surface area contributed by atoms with Crippen LogP contribution in [0.2, 0.25) is 0 Å². The molecule has 35 heavy (non-hydrogen) atoms. The van der Waals surface area contributed by atoms with Gasteiger partial charge in [0, 0.05) is 51.4 Å². The van der Waals surface area contributed by atoms with Crippen LogP contribution in [0.3, 0.4) is 0 Å². The number of hydrogen-bond acceptors (Lipinski definition) is 3. The number of benzene rings is 1. The standard InChI is InChI=1S/C29H44N4O2/c1-28(2,3)30-27(35)32-16-13-31(14-17-32)15-18-33(26(34)19-22-9-7-6-8-10-22)21-23-11-12-24-20-25(23)29(24,4)5/h6-11,24-25H,12-21H2,1-5H3,(H,30,35). The molecule has 2 atom stereocenters. The molecule has 3 amide bonds. The average molecular weight is 481 g/mol. The summed E-state index contributed by atoms with van der Waals surface area (Å²) in [6, 6.07) is 10.1. The van der Waals surface area contributed by atoms with Gasteiger partial charge in [0.2, 0.25) is 5.91 Å². The number of nitrogens with one attached hydrogen (secondary N) is 1. The molecule has 1 aliphatic heterocycles. The maximum atomic E-state index is 13.4. The van der Waals surface area contributed by atoms with Gasteiger partial charge in [0.15, 0.2) is 0 Å². The zero-order valence-electron chi connectivity index (χ0n) is 22.3. The molecule has 6 nitrogen and oxygen atoms in total. The molecule has 1 aromatic carbocycles. The third-order valence-corrected chi connectivity index (χ3v) is 8.33. The number of carbonyl (C=O) groups is 2. The smallest absolute Gasteiger partial charge is 0.317 e. The lowest BCUT2D eigenvalue weighted by molar-refractivity contribution is -0.130. The Balaban J connectivity index is 1.35. The summed E-state index contributed by atoms with van der Waals surface area (Å²) in [5.74, 6) is 1.62. The Hall–Kier alpha value is -2.34. The normalized spacial score (nSPS) is 23.8. The van der Waals surface area contributed by atoms with Crippen LogP contribution < -0.4 is 5.32 Å². The van der Waals surface area contributed by atoms with E-state index in [1.165, 1.54) is 12.0 Å². The third kappa shape index (κ3) is 6.27. The molecule has 0 spiro atoms. The van der Waals surface area contributed by atoms with Crippen molar-refractivity contribution in [1.29, 1.82) is 0 Å². The van der Waals surface area contributed by atoms with Crippen LogP contribution in [-0.2, 0) is 11.2 Å². The molecular formula is C29H44N4O2. The summed E-state index contributed by atoms with van der Waals surface area (Å²) in [5.41, 5.74) is 2.67. The molecule has 2 bridgehead atoms. The average Bonchev–Trinajstić information content (AvgIpc) is 2.81. The van der Waals surface area contributed by atoms with Gasteiger partial charge in [-0.15, -0.1) is 0 Å². The number of piperazine rings is 1. The fourth-order valence-corrected chi connectivity index (χ4v) is 5.89. The van der Waals surface area contributed by atoms with Crippen molar-refractivity contribution in [3.8, 4) is 0 Å². The van der Waals surface area contributed by atoms with E-state index in [9.17, 15) is 9.59 Å². The number of carbonyl (C=O) groups excluding carboxylic acids is 2. The number of urea groups is 1. The van der Waals surface area contributed by atoms with E-state index in [0.717, 1.165) is 63.7 Å². The van der Waals surface area contributed by atoms with Gasteiger partial charge in [-0.05, 0) is 56.4 Å². The van der Waals surface area contributed by atoms with Crippen LogP contribution in [0.15, 0.2) is 42.0 Å². The van der Waals surface area contributed by atoms with E-state index < -0.39 is 0 Å². The van der Waals surface area contributed by atoms with Crippen LogP contribution >= 0.6 is 0 Å². The van der Waals surface area contributed by atoms with E-state index in [4.69, 9.17) is 0 Å². The molecule has 1 saturated heterocycles. The molecule has 1 saturated carbocycles. The SMILES string of the molecule is CC(C)(C)NC(=O)N1CCN(CCN(CC2=CCC3CC2C3(C)C)C(=O)Cc2ccccc2)CC1. The lowest BCUT2D eigenvalue weighted by atomic mass is 9.49. The van der Waals surface area contributed by atoms with Crippen LogP contribution in [-0.4, -0.2) is 78.0 Å². The molecular weight excluding hydrogens is 436 g/mol. The first-order valence-electron chi connectivity index (χ1n) is 13.3. The molecule has 2 unspecified atom stereocenters. The van der Waals surface area contributed by atoms with E-state index in [1.807, 2.05) is 56.0 Å². The van der Waals surface area contributed by atoms with E-state index in [1.54, 1.807) is 0 Å². The Kier molecular flexibility index (Phi) is 7.60. The van der Waals surface area contributed by atoms with Crippen molar-refractivity contribution >= 4 is 11.9 Å². The Morgan fingerprint density at radius 3 is 2.37 bits per heavy atom. The van der Waals surface area contributed by atoms with Crippen molar-refractivity contribution in [1.82, 2.24) is 20.0 Å². The number of allylic oxidation sites excluding steroid dienone is 1. The molecule has 5 rings (SSSR count). The first-order chi connectivity index (χ1) is 16.5. The summed E-state index contributed by atoms with van der Waals surface area (Å²) < 4.78 is 0. The van der Waals surface area contributed by atoms with E-state index in [2.05, 4.69) is 35.0 Å². The number of hydrogen-bond donors (Lipinski definition) is 1. The Morgan fingerprint density at radius 2 is 1.77 bits per heavy atom. The van der Waals surface area contributed by atoms with Crippen LogP contribution in [0.25, 0.3) is 0 Å². The minimum absolute atomic E-state index is 0.0162. The molecule has 6 heteroatoms. The highest BCUT2D eigenvalue weighted by Crippen LogP contribution is 2.59. The predicted molar refractivity (Wildman–Crippen MR) is 141 cm³/mol. The first-order valence-corrected chi connectivity index (χ1v) is 13.3. The summed E-state index contributed by atoms with van der Waals surface area (Å²) in [7, 11) is 0. The molecule has 1 N–H and O–H groups in total. The number of amides is 3. The minimum Gasteiger partial charge on any atom is -0.337 e. The number of fused-ring (bicyclic) bond motifs is 1. The second kappa shape index (κ2) is 10.3. The zero-order chi connectivity index (χ0) is 25.2. The summed E-state index contributed by atoms with van der Waals surface area (Å²) in [6.07, 6.45) is 5.29. The quantitative estimate of drug-likeness (QED) is 0.596. The van der Waals surface area contributed by atoms with Gasteiger partial charge in [-0.3, -0.25) is 9.69 Å². The van der Waals surface area contributed by atoms with Gasteiger partial charge in [0.25, 0.3) is 0 Å². The maximum Gasteiger partial charge on any atom is 0.317 e. The van der Waals surface area contributed by atoms with E-state index >= 15 is 0 Å². The molecule has 3 aliphatic carbocycles. The maximum absolute atomic E-state index is 13.4. The molecule has 1 heterocycles. The summed E-state index contributed by atoms with van der Waals surface area (Å²) in [4.78, 5) is 32.3. The van der Waals surface area contributed by atoms with Crippen LogP contribution in [0, 0.1) is 17.3 Å². The number of nitrogens with zero attached hydrogens (tertiary/aromatic N) is 3. The largest absolute Gasteiger partial charge is 0.337 e. The molecule has 1 aromatic rings. The Bertz CT molecular complexity index is 926. The molecule has 4 aliphatic rings. The van der Waals surface area contributed by atoms with Crippen molar-refractivity contribution in [2.75, 3.05) is 45.8 Å². The first kappa shape index (κ1) is 25.7. The minimum atomic E-state index is -0.226. The summed E-state index contributed by atoms with van der Waals surface area (Å²) >= 11 is 0. The van der Waals surface area contributed by atoms with Crippen molar-refractivity contribution in [2.45, 2.75) is 59.4 Å². The zero-order valence-corrected chi connectivity index (χ0v) is 22.3. The van der Waals surface area contributed by atoms with Crippen LogP contribution in [0.1, 0.15) is 53.0 Å². The third-order valence-electron chi connectivity index (χ3n) is 8.33. The monoisotopic (exact) mass is 480 g/mol. The Labute approximate surface area is 211 Å². The van der Waals surface area contributed by atoms with Gasteiger partial charge < -0.3 is 15.1 Å². The lowest BCUT2D eigenvalue weighted by Crippen LogP contribution is -2.56. The van der Waals surface area contributed by atoms with Crippen molar-refractivity contribution < 1.29 is 9.59 Å². The van der Waals surface area contributed by atoms with Gasteiger partial charge in [0.05, 0.1) is 6.42 Å². The fourth-order valence-electron chi connectivity index (χ4n) is 5.89. The van der Waals surface area contributed by atoms with Crippen molar-refractivity contribution in [2.24, 2.45) is 17.3 Å². The van der Waals surface area contributed by atoms with Gasteiger partial charge in [0.1, 0.15) is 0 Å². The van der Waals surface area contributed by atoms with Gasteiger partial charge >= 0.3 is 6.03 Å². The number of rotatable bonds is 7. The van der Waals surface area contributed by atoms with Gasteiger partial charge in [-0.25, -0.2) is 4.79 Å². The highest BCUT2D eigenvalue weighted by Gasteiger charge is 2.51. The molecule has 0 radical (unpaired) electrons. The van der Waals surface area contributed by atoms with Crippen molar-refractivity contribution in [3.63, 3.8) is 0 Å². The summed E-state index contributed by atoms with van der Waals surface area (Å²) in [5, 5.41) is 3.06. The Morgan fingerprint density at radius 1 is 1.09 bits per heavy atom. The topological polar surface area (TPSA) is 55.9 Å². The van der Waals surface area contributed by atoms with E-state index in [0.29, 0.717) is 17.8 Å². The predicted octanol–water partition coefficient (Wildman–Crippen LogP) is 4.18. The highest BCUT2D eigenvalue weighted by atomic mass is 16.2. The molecule has 0 aromatic heterocycles. The molecule has 192 valence electrons. The van der Waals surface area contributed by atoms with Gasteiger partial charge in [-0.2, -0.15) is 0 Å².